The van der Waals surface area contributed by atoms with Gasteiger partial charge in [-0.2, -0.15) is 0 Å². The van der Waals surface area contributed by atoms with Gasteiger partial charge in [-0.15, -0.1) is 0 Å². The number of hydrogen-bond acceptors (Lipinski definition) is 5. The predicted octanol–water partition coefficient (Wildman–Crippen LogP) is 6.24. The van der Waals surface area contributed by atoms with Crippen molar-refractivity contribution in [3.05, 3.63) is 83.9 Å². The van der Waals surface area contributed by atoms with Crippen molar-refractivity contribution < 1.29 is 18.9 Å². The number of unbranched alkanes of at least 4 members (excludes halogenated alkanes) is 2. The van der Waals surface area contributed by atoms with E-state index in [9.17, 15) is 0 Å². The van der Waals surface area contributed by atoms with Gasteiger partial charge >= 0.3 is 0 Å². The van der Waals surface area contributed by atoms with E-state index in [4.69, 9.17) is 18.9 Å². The Morgan fingerprint density at radius 3 is 2.31 bits per heavy atom. The number of benzene rings is 3. The van der Waals surface area contributed by atoms with Gasteiger partial charge in [0.05, 0.1) is 20.3 Å². The van der Waals surface area contributed by atoms with Crippen LogP contribution in [0.5, 0.6) is 23.0 Å². The highest BCUT2D eigenvalue weighted by molar-refractivity contribution is 5.47. The smallest absolute Gasteiger partial charge is 0.164 e. The zero-order valence-corrected chi connectivity index (χ0v) is 21.4. The summed E-state index contributed by atoms with van der Waals surface area (Å²) in [5, 5.41) is 3.57. The predicted molar refractivity (Wildman–Crippen MR) is 145 cm³/mol. The van der Waals surface area contributed by atoms with E-state index in [1.54, 1.807) is 7.11 Å². The molecule has 0 spiro atoms. The molecule has 0 fully saturated rings. The van der Waals surface area contributed by atoms with Crippen LogP contribution >= 0.6 is 0 Å². The van der Waals surface area contributed by atoms with Gasteiger partial charge in [-0.05, 0) is 92.9 Å². The summed E-state index contributed by atoms with van der Waals surface area (Å²) in [4.78, 5) is 0. The molecule has 0 aliphatic carbocycles. The number of rotatable bonds is 15. The largest absolute Gasteiger partial charge is 0.494 e. The van der Waals surface area contributed by atoms with Gasteiger partial charge in [0.1, 0.15) is 17.6 Å². The van der Waals surface area contributed by atoms with Crippen LogP contribution in [0.15, 0.2) is 72.8 Å². The van der Waals surface area contributed by atoms with E-state index in [1.165, 1.54) is 11.1 Å². The highest BCUT2D eigenvalue weighted by Crippen LogP contribution is 2.36. The first-order valence-electron chi connectivity index (χ1n) is 13.2. The number of aryl methyl sites for hydroxylation is 2. The fraction of sp³-hybridized carbons (Fsp3) is 0.419. The minimum Gasteiger partial charge on any atom is -0.494 e. The van der Waals surface area contributed by atoms with E-state index < -0.39 is 0 Å². The molecule has 0 amide bonds. The molecule has 192 valence electrons. The third-order valence-electron chi connectivity index (χ3n) is 6.48. The Labute approximate surface area is 215 Å². The summed E-state index contributed by atoms with van der Waals surface area (Å²) in [5.41, 5.74) is 2.60. The number of hydrogen-bond donors (Lipinski definition) is 1. The molecule has 1 N–H and O–H groups in total. The normalized spacial score (nSPS) is 14.5. The average Bonchev–Trinajstić information content (AvgIpc) is 2.93. The third kappa shape index (κ3) is 8.20. The number of fused-ring (bicyclic) bond motifs is 1. The van der Waals surface area contributed by atoms with Gasteiger partial charge in [0.25, 0.3) is 0 Å². The number of para-hydroxylation sites is 2. The summed E-state index contributed by atoms with van der Waals surface area (Å²) in [7, 11) is 1.70. The summed E-state index contributed by atoms with van der Waals surface area (Å²) in [6.45, 7) is 3.32. The van der Waals surface area contributed by atoms with E-state index in [-0.39, 0.29) is 6.10 Å². The number of ether oxygens (including phenoxy) is 4. The molecule has 0 bridgehead atoms. The second-order valence-corrected chi connectivity index (χ2v) is 9.25. The average molecular weight is 490 g/mol. The van der Waals surface area contributed by atoms with Crippen LogP contribution in [0.25, 0.3) is 0 Å². The standard InChI is InChI=1S/C31H39NO4/c1-33-30-14-9-11-26-17-20-29(36-31(26)30)24-32-21-6-5-10-25-15-18-28(19-16-25)35-23-8-7-22-34-27-12-3-2-4-13-27/h2-4,9,11-16,18-19,29,32H,5-8,10,17,20-24H2,1H3. The topological polar surface area (TPSA) is 49.0 Å². The highest BCUT2D eigenvalue weighted by Gasteiger charge is 2.22. The van der Waals surface area contributed by atoms with Crippen LogP contribution in [-0.4, -0.2) is 39.5 Å². The molecule has 0 saturated heterocycles. The molecule has 0 radical (unpaired) electrons. The highest BCUT2D eigenvalue weighted by atomic mass is 16.5. The van der Waals surface area contributed by atoms with Crippen molar-refractivity contribution in [2.45, 2.75) is 51.0 Å². The molecule has 1 aliphatic heterocycles. The molecule has 1 heterocycles. The first-order chi connectivity index (χ1) is 17.8. The van der Waals surface area contributed by atoms with Crippen molar-refractivity contribution in [1.82, 2.24) is 5.32 Å². The number of methoxy groups -OCH3 is 1. The molecule has 36 heavy (non-hydrogen) atoms. The summed E-state index contributed by atoms with van der Waals surface area (Å²) in [5.74, 6) is 3.62. The Bertz CT molecular complexity index is 1010. The first kappa shape index (κ1) is 25.9. The van der Waals surface area contributed by atoms with Crippen molar-refractivity contribution in [3.8, 4) is 23.0 Å². The Morgan fingerprint density at radius 1 is 0.806 bits per heavy atom. The lowest BCUT2D eigenvalue weighted by Gasteiger charge is -2.27. The lowest BCUT2D eigenvalue weighted by Crippen LogP contribution is -2.34. The van der Waals surface area contributed by atoms with Crippen LogP contribution in [0, 0.1) is 0 Å². The van der Waals surface area contributed by atoms with Gasteiger partial charge in [0.2, 0.25) is 0 Å². The van der Waals surface area contributed by atoms with Crippen LogP contribution in [0.2, 0.25) is 0 Å². The molecule has 4 rings (SSSR count). The van der Waals surface area contributed by atoms with Crippen molar-refractivity contribution in [2.24, 2.45) is 0 Å². The molecule has 1 aliphatic rings. The minimum absolute atomic E-state index is 0.206. The molecule has 1 atom stereocenters. The number of nitrogens with one attached hydrogen (secondary N) is 1. The summed E-state index contributed by atoms with van der Waals surface area (Å²) in [6, 6.07) is 24.6. The van der Waals surface area contributed by atoms with Crippen molar-refractivity contribution in [1.29, 1.82) is 0 Å². The Balaban J connectivity index is 1.03. The maximum atomic E-state index is 6.20. The first-order valence-corrected chi connectivity index (χ1v) is 13.2. The lowest BCUT2D eigenvalue weighted by molar-refractivity contribution is 0.163. The van der Waals surface area contributed by atoms with Gasteiger partial charge < -0.3 is 24.3 Å². The quantitative estimate of drug-likeness (QED) is 0.256. The van der Waals surface area contributed by atoms with Gasteiger partial charge in [-0.25, -0.2) is 0 Å². The van der Waals surface area contributed by atoms with Crippen molar-refractivity contribution in [3.63, 3.8) is 0 Å². The fourth-order valence-corrected chi connectivity index (χ4v) is 4.43. The summed E-state index contributed by atoms with van der Waals surface area (Å²) in [6.07, 6.45) is 7.65. The molecule has 5 nitrogen and oxygen atoms in total. The van der Waals surface area contributed by atoms with E-state index in [2.05, 4.69) is 35.6 Å². The molecule has 3 aromatic rings. The lowest BCUT2D eigenvalue weighted by atomic mass is 10.0. The molecule has 0 aromatic heterocycles. The van der Waals surface area contributed by atoms with Crippen molar-refractivity contribution >= 4 is 0 Å². The Hall–Kier alpha value is -3.18. The second kappa shape index (κ2) is 14.4. The minimum atomic E-state index is 0.206. The molecule has 3 aromatic carbocycles. The molecular formula is C31H39NO4. The van der Waals surface area contributed by atoms with Gasteiger partial charge in [-0.1, -0.05) is 42.5 Å². The zero-order valence-electron chi connectivity index (χ0n) is 21.4. The van der Waals surface area contributed by atoms with E-state index in [0.29, 0.717) is 6.61 Å². The maximum Gasteiger partial charge on any atom is 0.164 e. The Morgan fingerprint density at radius 2 is 1.56 bits per heavy atom. The Kier molecular flexibility index (Phi) is 10.4. The molecule has 1 unspecified atom stereocenters. The van der Waals surface area contributed by atoms with Gasteiger partial charge in [0, 0.05) is 6.54 Å². The zero-order chi connectivity index (χ0) is 24.8. The summed E-state index contributed by atoms with van der Waals surface area (Å²) >= 11 is 0. The maximum absolute atomic E-state index is 6.20. The second-order valence-electron chi connectivity index (χ2n) is 9.25. The summed E-state index contributed by atoms with van der Waals surface area (Å²) < 4.78 is 23.3. The SMILES string of the molecule is COc1cccc2c1OC(CNCCCCc1ccc(OCCCCOc3ccccc3)cc1)CC2. The van der Waals surface area contributed by atoms with Gasteiger partial charge in [-0.3, -0.25) is 0 Å². The van der Waals surface area contributed by atoms with E-state index in [0.717, 1.165) is 87.6 Å². The van der Waals surface area contributed by atoms with Crippen LogP contribution < -0.4 is 24.3 Å². The molecular weight excluding hydrogens is 450 g/mol. The van der Waals surface area contributed by atoms with Crippen LogP contribution in [0.4, 0.5) is 0 Å². The van der Waals surface area contributed by atoms with Crippen LogP contribution in [0.1, 0.15) is 43.2 Å². The van der Waals surface area contributed by atoms with E-state index >= 15 is 0 Å². The third-order valence-corrected chi connectivity index (χ3v) is 6.48. The van der Waals surface area contributed by atoms with Gasteiger partial charge in [0.15, 0.2) is 11.5 Å². The fourth-order valence-electron chi connectivity index (χ4n) is 4.43. The van der Waals surface area contributed by atoms with Crippen molar-refractivity contribution in [2.75, 3.05) is 33.4 Å². The molecule has 5 heteroatoms. The molecule has 0 saturated carbocycles. The van der Waals surface area contributed by atoms with E-state index in [1.807, 2.05) is 42.5 Å². The van der Waals surface area contributed by atoms with Crippen LogP contribution in [0.3, 0.4) is 0 Å². The monoisotopic (exact) mass is 489 g/mol. The van der Waals surface area contributed by atoms with Crippen LogP contribution in [-0.2, 0) is 12.8 Å².